The van der Waals surface area contributed by atoms with Crippen molar-refractivity contribution in [1.29, 1.82) is 0 Å². The Morgan fingerprint density at radius 2 is 1.58 bits per heavy atom. The molecule has 5 heteroatoms. The molecule has 0 amide bonds. The number of halogens is 1. The van der Waals surface area contributed by atoms with Crippen molar-refractivity contribution in [2.45, 2.75) is 68.7 Å². The molecule has 0 radical (unpaired) electrons. The smallest absolute Gasteiger partial charge is 0.212 e. The Bertz CT molecular complexity index is 379. The highest BCUT2D eigenvalue weighted by atomic mass is 79.9. The van der Waals surface area contributed by atoms with Gasteiger partial charge in [0, 0.05) is 17.9 Å². The van der Waals surface area contributed by atoms with Crippen LogP contribution in [0.25, 0.3) is 0 Å². The molecule has 2 unspecified atom stereocenters. The molecule has 0 spiro atoms. The molecule has 3 nitrogen and oxygen atoms in total. The summed E-state index contributed by atoms with van der Waals surface area (Å²) in [6, 6.07) is 0.155. The van der Waals surface area contributed by atoms with E-state index in [9.17, 15) is 8.42 Å². The van der Waals surface area contributed by atoms with Crippen molar-refractivity contribution in [1.82, 2.24) is 4.31 Å². The van der Waals surface area contributed by atoms with Crippen molar-refractivity contribution in [3.8, 4) is 0 Å². The second-order valence-electron chi connectivity index (χ2n) is 6.17. The van der Waals surface area contributed by atoms with Crippen molar-refractivity contribution >= 4 is 26.0 Å². The fourth-order valence-corrected chi connectivity index (χ4v) is 6.38. The van der Waals surface area contributed by atoms with Crippen LogP contribution in [0.1, 0.15) is 57.8 Å². The highest BCUT2D eigenvalue weighted by molar-refractivity contribution is 9.09. The molecule has 2 fully saturated rings. The van der Waals surface area contributed by atoms with E-state index in [1.54, 1.807) is 11.4 Å². The molecule has 2 aliphatic carbocycles. The lowest BCUT2D eigenvalue weighted by Gasteiger charge is -2.35. The molecule has 0 bridgehead atoms. The summed E-state index contributed by atoms with van der Waals surface area (Å²) >= 11 is 3.67. The number of sulfonamides is 1. The maximum absolute atomic E-state index is 12.5. The molecule has 2 saturated carbocycles. The number of hydrogen-bond acceptors (Lipinski definition) is 2. The molecule has 0 aliphatic heterocycles. The monoisotopic (exact) mass is 351 g/mol. The molecule has 2 rings (SSSR count). The average Bonchev–Trinajstić information content (AvgIpc) is 2.39. The Balaban J connectivity index is 1.97. The zero-order valence-corrected chi connectivity index (χ0v) is 14.3. The third-order valence-electron chi connectivity index (χ3n) is 4.72. The van der Waals surface area contributed by atoms with Crippen molar-refractivity contribution in [3.05, 3.63) is 0 Å². The van der Waals surface area contributed by atoms with E-state index in [0.717, 1.165) is 32.1 Å². The predicted octanol–water partition coefficient (Wildman–Crippen LogP) is 3.53. The molecule has 0 heterocycles. The third kappa shape index (κ3) is 4.18. The van der Waals surface area contributed by atoms with Gasteiger partial charge < -0.3 is 0 Å². The van der Waals surface area contributed by atoms with Gasteiger partial charge >= 0.3 is 0 Å². The van der Waals surface area contributed by atoms with Gasteiger partial charge in [0.15, 0.2) is 0 Å². The first kappa shape index (κ1) is 15.8. The summed E-state index contributed by atoms with van der Waals surface area (Å²) in [5, 5.41) is 0. The molecule has 0 aromatic rings. The Morgan fingerprint density at radius 1 is 1.00 bits per heavy atom. The summed E-state index contributed by atoms with van der Waals surface area (Å²) in [6.45, 7) is 0. The summed E-state index contributed by atoms with van der Waals surface area (Å²) < 4.78 is 26.8. The van der Waals surface area contributed by atoms with Gasteiger partial charge in [0.05, 0.1) is 5.75 Å². The quantitative estimate of drug-likeness (QED) is 0.726. The van der Waals surface area contributed by atoms with Gasteiger partial charge in [0.25, 0.3) is 0 Å². The van der Waals surface area contributed by atoms with E-state index >= 15 is 0 Å². The second-order valence-corrected chi connectivity index (χ2v) is 9.42. The van der Waals surface area contributed by atoms with Gasteiger partial charge in [-0.3, -0.25) is 0 Å². The molecular formula is C14H26BrNO2S. The van der Waals surface area contributed by atoms with E-state index in [0.29, 0.717) is 16.5 Å². The van der Waals surface area contributed by atoms with Crippen LogP contribution in [-0.4, -0.2) is 36.4 Å². The van der Waals surface area contributed by atoms with Crippen LogP contribution >= 0.6 is 15.9 Å². The topological polar surface area (TPSA) is 37.4 Å². The highest BCUT2D eigenvalue weighted by Gasteiger charge is 2.34. The maximum atomic E-state index is 12.5. The van der Waals surface area contributed by atoms with E-state index in [-0.39, 0.29) is 6.04 Å². The zero-order chi connectivity index (χ0) is 13.9. The lowest BCUT2D eigenvalue weighted by molar-refractivity contribution is 0.292. The Kier molecular flexibility index (Phi) is 5.73. The molecule has 19 heavy (non-hydrogen) atoms. The van der Waals surface area contributed by atoms with E-state index in [4.69, 9.17) is 0 Å². The Hall–Kier alpha value is 0.390. The molecule has 112 valence electrons. The van der Waals surface area contributed by atoms with E-state index < -0.39 is 10.0 Å². The SMILES string of the molecule is CN(C1CCCCC1Br)S(=O)(=O)CC1CCCCC1. The standard InChI is InChI=1S/C14H26BrNO2S/c1-16(14-10-6-5-9-13(14)15)19(17,18)11-12-7-3-2-4-8-12/h12-14H,2-11H2,1H3. The molecule has 0 aromatic carbocycles. The fourth-order valence-electron chi connectivity index (χ4n) is 3.45. The van der Waals surface area contributed by atoms with Crippen LogP contribution in [0.4, 0.5) is 0 Å². The number of nitrogens with zero attached hydrogens (tertiary/aromatic N) is 1. The summed E-state index contributed by atoms with van der Waals surface area (Å²) in [7, 11) is -1.31. The number of hydrogen-bond donors (Lipinski definition) is 0. The summed E-state index contributed by atoms with van der Waals surface area (Å²) in [6.07, 6.45) is 10.3. The largest absolute Gasteiger partial charge is 0.214 e. The number of alkyl halides is 1. The van der Waals surface area contributed by atoms with Gasteiger partial charge in [-0.05, 0) is 31.6 Å². The molecule has 0 N–H and O–H groups in total. The first-order valence-electron chi connectivity index (χ1n) is 7.60. The Labute approximate surface area is 126 Å². The van der Waals surface area contributed by atoms with E-state index in [1.807, 2.05) is 0 Å². The van der Waals surface area contributed by atoms with Crippen LogP contribution in [0, 0.1) is 5.92 Å². The lowest BCUT2D eigenvalue weighted by Crippen LogP contribution is -2.45. The van der Waals surface area contributed by atoms with Crippen molar-refractivity contribution in [2.24, 2.45) is 5.92 Å². The minimum absolute atomic E-state index is 0.155. The molecule has 2 atom stereocenters. The molecular weight excluding hydrogens is 326 g/mol. The van der Waals surface area contributed by atoms with Crippen LogP contribution < -0.4 is 0 Å². The van der Waals surface area contributed by atoms with Gasteiger partial charge in [-0.1, -0.05) is 48.0 Å². The molecule has 2 aliphatic rings. The van der Waals surface area contributed by atoms with Crippen LogP contribution in [0.15, 0.2) is 0 Å². The first-order valence-corrected chi connectivity index (χ1v) is 10.1. The van der Waals surface area contributed by atoms with Gasteiger partial charge in [-0.25, -0.2) is 12.7 Å². The predicted molar refractivity (Wildman–Crippen MR) is 83.1 cm³/mol. The van der Waals surface area contributed by atoms with Crippen molar-refractivity contribution < 1.29 is 8.42 Å². The summed E-state index contributed by atoms with van der Waals surface area (Å²) in [5.41, 5.74) is 0. The van der Waals surface area contributed by atoms with Crippen LogP contribution in [0.5, 0.6) is 0 Å². The molecule has 0 saturated heterocycles. The van der Waals surface area contributed by atoms with Gasteiger partial charge in [0.1, 0.15) is 0 Å². The van der Waals surface area contributed by atoms with Crippen LogP contribution in [0.3, 0.4) is 0 Å². The lowest BCUT2D eigenvalue weighted by atomic mass is 9.91. The van der Waals surface area contributed by atoms with Gasteiger partial charge in [-0.15, -0.1) is 0 Å². The second kappa shape index (κ2) is 6.90. The maximum Gasteiger partial charge on any atom is 0.214 e. The van der Waals surface area contributed by atoms with Gasteiger partial charge in [-0.2, -0.15) is 0 Å². The number of rotatable bonds is 4. The van der Waals surface area contributed by atoms with Crippen LogP contribution in [-0.2, 0) is 10.0 Å². The van der Waals surface area contributed by atoms with E-state index in [1.165, 1.54) is 25.7 Å². The van der Waals surface area contributed by atoms with Crippen molar-refractivity contribution in [2.75, 3.05) is 12.8 Å². The average molecular weight is 352 g/mol. The molecule has 0 aromatic heterocycles. The van der Waals surface area contributed by atoms with Crippen LogP contribution in [0.2, 0.25) is 0 Å². The normalized spacial score (nSPS) is 30.7. The third-order valence-corrected chi connectivity index (χ3v) is 7.83. The Morgan fingerprint density at radius 3 is 2.21 bits per heavy atom. The minimum Gasteiger partial charge on any atom is -0.212 e. The van der Waals surface area contributed by atoms with Crippen molar-refractivity contribution in [3.63, 3.8) is 0 Å². The summed E-state index contributed by atoms with van der Waals surface area (Å²) in [5.74, 6) is 0.748. The summed E-state index contributed by atoms with van der Waals surface area (Å²) in [4.78, 5) is 0.326. The van der Waals surface area contributed by atoms with Gasteiger partial charge in [0.2, 0.25) is 10.0 Å². The van der Waals surface area contributed by atoms with E-state index in [2.05, 4.69) is 15.9 Å². The highest BCUT2D eigenvalue weighted by Crippen LogP contribution is 2.31. The fraction of sp³-hybridized carbons (Fsp3) is 1.00. The minimum atomic E-state index is -3.09. The first-order chi connectivity index (χ1) is 9.00. The zero-order valence-electron chi connectivity index (χ0n) is 11.9.